The number of alkyl halides is 3. The number of carbonyl (C=O) groups excluding carboxylic acids is 1. The Balaban J connectivity index is 2.34. The number of carbonyl (C=O) groups is 1. The lowest BCUT2D eigenvalue weighted by Crippen LogP contribution is -2.08. The van der Waals surface area contributed by atoms with Crippen LogP contribution in [-0.2, 0) is 6.18 Å². The molecule has 5 heteroatoms. The van der Waals surface area contributed by atoms with E-state index in [2.05, 4.69) is 5.32 Å². The minimum atomic E-state index is -4.40. The molecule has 1 N–H and O–H groups in total. The highest BCUT2D eigenvalue weighted by Crippen LogP contribution is 2.29. The highest BCUT2D eigenvalue weighted by atomic mass is 19.4. The zero-order chi connectivity index (χ0) is 14.8. The Labute approximate surface area is 114 Å². The number of ketones is 1. The molecule has 0 atom stereocenters. The smallest absolute Gasteiger partial charge is 0.388 e. The van der Waals surface area contributed by atoms with Gasteiger partial charge in [-0.3, -0.25) is 4.79 Å². The predicted octanol–water partition coefficient (Wildman–Crippen LogP) is 3.98. The molecule has 0 fully saturated rings. The van der Waals surface area contributed by atoms with Gasteiger partial charge in [0, 0.05) is 23.9 Å². The molecule has 20 heavy (non-hydrogen) atoms. The first-order chi connectivity index (χ1) is 9.43. The summed E-state index contributed by atoms with van der Waals surface area (Å²) in [7, 11) is 1.68. The molecule has 104 valence electrons. The van der Waals surface area contributed by atoms with Crippen molar-refractivity contribution >= 4 is 11.5 Å². The number of anilines is 1. The number of hydrogen-bond donors (Lipinski definition) is 1. The molecule has 0 spiro atoms. The third kappa shape index (κ3) is 2.82. The van der Waals surface area contributed by atoms with E-state index in [0.29, 0.717) is 11.3 Å². The molecule has 0 saturated carbocycles. The van der Waals surface area contributed by atoms with Crippen molar-refractivity contribution in [2.45, 2.75) is 6.18 Å². The summed E-state index contributed by atoms with van der Waals surface area (Å²) in [5.41, 5.74) is 0.517. The van der Waals surface area contributed by atoms with Crippen LogP contribution < -0.4 is 5.32 Å². The van der Waals surface area contributed by atoms with E-state index in [9.17, 15) is 18.0 Å². The average molecular weight is 279 g/mol. The molecule has 2 aromatic carbocycles. The molecule has 0 aliphatic rings. The first kappa shape index (κ1) is 14.1. The van der Waals surface area contributed by atoms with E-state index in [4.69, 9.17) is 0 Å². The van der Waals surface area contributed by atoms with Gasteiger partial charge in [0.05, 0.1) is 5.56 Å². The maximum absolute atomic E-state index is 12.5. The number of hydrogen-bond acceptors (Lipinski definition) is 2. The molecule has 0 amide bonds. The predicted molar refractivity (Wildman–Crippen MR) is 70.9 cm³/mol. The van der Waals surface area contributed by atoms with E-state index in [1.165, 1.54) is 12.1 Å². The average Bonchev–Trinajstić information content (AvgIpc) is 2.45. The second-order valence-corrected chi connectivity index (χ2v) is 4.20. The van der Waals surface area contributed by atoms with E-state index >= 15 is 0 Å². The highest BCUT2D eigenvalue weighted by Gasteiger charge is 2.30. The highest BCUT2D eigenvalue weighted by molar-refractivity contribution is 6.12. The second kappa shape index (κ2) is 5.36. The van der Waals surface area contributed by atoms with Gasteiger partial charge in [-0.2, -0.15) is 13.2 Å². The van der Waals surface area contributed by atoms with Crippen LogP contribution in [0.2, 0.25) is 0 Å². The van der Waals surface area contributed by atoms with Crippen LogP contribution in [0.5, 0.6) is 0 Å². The van der Waals surface area contributed by atoms with Crippen molar-refractivity contribution < 1.29 is 18.0 Å². The van der Waals surface area contributed by atoms with Gasteiger partial charge in [0.25, 0.3) is 0 Å². The lowest BCUT2D eigenvalue weighted by Gasteiger charge is -2.09. The standard InChI is InChI=1S/C15H12F3NO/c1-19-13-5-3-2-4-12(13)14(20)10-6-8-11(9-7-10)15(16,17)18/h2-9,19H,1H3. The van der Waals surface area contributed by atoms with Crippen molar-refractivity contribution in [3.63, 3.8) is 0 Å². The van der Waals surface area contributed by atoms with Crippen molar-refractivity contribution in [2.75, 3.05) is 12.4 Å². The molecular formula is C15H12F3NO. The summed E-state index contributed by atoms with van der Waals surface area (Å²) in [6.45, 7) is 0. The van der Waals surface area contributed by atoms with E-state index < -0.39 is 11.7 Å². The monoisotopic (exact) mass is 279 g/mol. The molecule has 0 aliphatic heterocycles. The SMILES string of the molecule is CNc1ccccc1C(=O)c1ccc(C(F)(F)F)cc1. The summed E-state index contributed by atoms with van der Waals surface area (Å²) in [4.78, 5) is 12.3. The van der Waals surface area contributed by atoms with Gasteiger partial charge in [0.1, 0.15) is 0 Å². The van der Waals surface area contributed by atoms with E-state index in [-0.39, 0.29) is 11.3 Å². The van der Waals surface area contributed by atoms with E-state index in [0.717, 1.165) is 12.1 Å². The molecule has 0 radical (unpaired) electrons. The number of para-hydroxylation sites is 1. The Morgan fingerprint density at radius 3 is 2.15 bits per heavy atom. The topological polar surface area (TPSA) is 29.1 Å². The molecule has 2 aromatic rings. The lowest BCUT2D eigenvalue weighted by molar-refractivity contribution is -0.137. The Bertz CT molecular complexity index is 618. The zero-order valence-electron chi connectivity index (χ0n) is 10.7. The second-order valence-electron chi connectivity index (χ2n) is 4.20. The van der Waals surface area contributed by atoms with Crippen molar-refractivity contribution in [3.05, 3.63) is 65.2 Å². The van der Waals surface area contributed by atoms with Crippen LogP contribution in [-0.4, -0.2) is 12.8 Å². The molecule has 0 bridgehead atoms. The molecule has 2 nitrogen and oxygen atoms in total. The maximum atomic E-state index is 12.5. The summed E-state index contributed by atoms with van der Waals surface area (Å²) in [6, 6.07) is 11.1. The van der Waals surface area contributed by atoms with Gasteiger partial charge in [-0.15, -0.1) is 0 Å². The number of nitrogens with one attached hydrogen (secondary N) is 1. The fraction of sp³-hybridized carbons (Fsp3) is 0.133. The lowest BCUT2D eigenvalue weighted by atomic mass is 10.0. The van der Waals surface area contributed by atoms with Crippen LogP contribution in [0.3, 0.4) is 0 Å². The van der Waals surface area contributed by atoms with Crippen LogP contribution in [0.1, 0.15) is 21.5 Å². The summed E-state index contributed by atoms with van der Waals surface area (Å²) >= 11 is 0. The first-order valence-electron chi connectivity index (χ1n) is 5.92. The molecule has 0 unspecified atom stereocenters. The fourth-order valence-electron chi connectivity index (χ4n) is 1.87. The first-order valence-corrected chi connectivity index (χ1v) is 5.92. The molecule has 0 heterocycles. The van der Waals surface area contributed by atoms with Gasteiger partial charge in [-0.1, -0.05) is 24.3 Å². The number of benzene rings is 2. The van der Waals surface area contributed by atoms with Crippen LogP contribution in [0.25, 0.3) is 0 Å². The van der Waals surface area contributed by atoms with Crippen molar-refractivity contribution in [1.29, 1.82) is 0 Å². The third-order valence-electron chi connectivity index (χ3n) is 2.92. The summed E-state index contributed by atoms with van der Waals surface area (Å²) in [5.74, 6) is -0.316. The number of halogens is 3. The van der Waals surface area contributed by atoms with Gasteiger partial charge >= 0.3 is 6.18 Å². The quantitative estimate of drug-likeness (QED) is 0.861. The van der Waals surface area contributed by atoms with Crippen molar-refractivity contribution in [3.8, 4) is 0 Å². The van der Waals surface area contributed by atoms with Crippen molar-refractivity contribution in [2.24, 2.45) is 0 Å². The molecular weight excluding hydrogens is 267 g/mol. The summed E-state index contributed by atoms with van der Waals surface area (Å²) in [5, 5.41) is 2.88. The molecule has 2 rings (SSSR count). The molecule has 0 aliphatic carbocycles. The van der Waals surface area contributed by atoms with Gasteiger partial charge in [-0.25, -0.2) is 0 Å². The van der Waals surface area contributed by atoms with Gasteiger partial charge < -0.3 is 5.32 Å². The minimum Gasteiger partial charge on any atom is -0.388 e. The van der Waals surface area contributed by atoms with E-state index in [1.807, 2.05) is 0 Å². The van der Waals surface area contributed by atoms with Gasteiger partial charge in [0.15, 0.2) is 5.78 Å². The summed E-state index contributed by atoms with van der Waals surface area (Å²) < 4.78 is 37.4. The van der Waals surface area contributed by atoms with Crippen LogP contribution in [0, 0.1) is 0 Å². The van der Waals surface area contributed by atoms with Crippen LogP contribution >= 0.6 is 0 Å². The normalized spacial score (nSPS) is 11.2. The van der Waals surface area contributed by atoms with Gasteiger partial charge in [0.2, 0.25) is 0 Å². The summed E-state index contributed by atoms with van der Waals surface area (Å²) in [6.07, 6.45) is -4.40. The van der Waals surface area contributed by atoms with Crippen LogP contribution in [0.4, 0.5) is 18.9 Å². The van der Waals surface area contributed by atoms with Crippen LogP contribution in [0.15, 0.2) is 48.5 Å². The fourth-order valence-corrected chi connectivity index (χ4v) is 1.87. The zero-order valence-corrected chi connectivity index (χ0v) is 10.7. The largest absolute Gasteiger partial charge is 0.416 e. The Hall–Kier alpha value is -2.30. The molecule has 0 saturated heterocycles. The molecule has 0 aromatic heterocycles. The third-order valence-corrected chi connectivity index (χ3v) is 2.92. The van der Waals surface area contributed by atoms with Crippen molar-refractivity contribution in [1.82, 2.24) is 0 Å². The van der Waals surface area contributed by atoms with Gasteiger partial charge in [-0.05, 0) is 24.3 Å². The Kier molecular flexibility index (Phi) is 3.79. The Morgan fingerprint density at radius 1 is 1.00 bits per heavy atom. The maximum Gasteiger partial charge on any atom is 0.416 e. The minimum absolute atomic E-state index is 0.223. The Morgan fingerprint density at radius 2 is 1.60 bits per heavy atom. The van der Waals surface area contributed by atoms with E-state index in [1.54, 1.807) is 31.3 Å². The number of rotatable bonds is 3.